The highest BCUT2D eigenvalue weighted by molar-refractivity contribution is 5.95. The zero-order valence-electron chi connectivity index (χ0n) is 14.7. The average Bonchev–Trinajstić information content (AvgIpc) is 3.26. The Hall–Kier alpha value is -3.74. The number of pyridine rings is 2. The van der Waals surface area contributed by atoms with Crippen molar-refractivity contribution in [1.29, 1.82) is 0 Å². The summed E-state index contributed by atoms with van der Waals surface area (Å²) in [4.78, 5) is 21.3. The molecule has 134 valence electrons. The van der Waals surface area contributed by atoms with E-state index in [1.807, 2.05) is 48.7 Å². The normalized spacial score (nSPS) is 10.7. The number of fused-ring (bicyclic) bond motifs is 1. The minimum absolute atomic E-state index is 0.247. The van der Waals surface area contributed by atoms with Gasteiger partial charge < -0.3 is 10.1 Å². The van der Waals surface area contributed by atoms with Crippen molar-refractivity contribution < 1.29 is 9.53 Å². The molecule has 7 heteroatoms. The smallest absolute Gasteiger partial charge is 0.270 e. The summed E-state index contributed by atoms with van der Waals surface area (Å²) in [5.74, 6) is 1.19. The van der Waals surface area contributed by atoms with Gasteiger partial charge in [0.05, 0.1) is 12.6 Å². The number of carbonyl (C=O) groups excluding carboxylic acids is 1. The lowest BCUT2D eigenvalue weighted by Crippen LogP contribution is -2.24. The van der Waals surface area contributed by atoms with E-state index in [0.29, 0.717) is 18.1 Å². The van der Waals surface area contributed by atoms with Gasteiger partial charge in [-0.1, -0.05) is 12.1 Å². The molecule has 27 heavy (non-hydrogen) atoms. The first-order valence-electron chi connectivity index (χ1n) is 8.41. The summed E-state index contributed by atoms with van der Waals surface area (Å²) in [7, 11) is 1.62. The lowest BCUT2D eigenvalue weighted by Gasteiger charge is -2.10. The molecular weight excluding hydrogens is 342 g/mol. The van der Waals surface area contributed by atoms with Crippen molar-refractivity contribution >= 4 is 16.8 Å². The van der Waals surface area contributed by atoms with E-state index in [-0.39, 0.29) is 5.91 Å². The van der Waals surface area contributed by atoms with E-state index in [0.717, 1.165) is 22.2 Å². The molecule has 1 N–H and O–H groups in total. The van der Waals surface area contributed by atoms with Gasteiger partial charge in [-0.2, -0.15) is 5.10 Å². The Morgan fingerprint density at radius 2 is 2.07 bits per heavy atom. The maximum Gasteiger partial charge on any atom is 0.270 e. The molecule has 1 aromatic carbocycles. The van der Waals surface area contributed by atoms with E-state index >= 15 is 0 Å². The highest BCUT2D eigenvalue weighted by Crippen LogP contribution is 2.19. The zero-order chi connectivity index (χ0) is 18.6. The lowest BCUT2D eigenvalue weighted by molar-refractivity contribution is 0.0946. The van der Waals surface area contributed by atoms with Gasteiger partial charge in [0, 0.05) is 36.1 Å². The van der Waals surface area contributed by atoms with Crippen LogP contribution in [0.5, 0.6) is 5.75 Å². The largest absolute Gasteiger partial charge is 0.497 e. The van der Waals surface area contributed by atoms with Gasteiger partial charge in [-0.25, -0.2) is 14.6 Å². The molecule has 3 heterocycles. The van der Waals surface area contributed by atoms with Crippen LogP contribution in [0, 0.1) is 0 Å². The number of ether oxygens (including phenoxy) is 1. The number of amides is 1. The van der Waals surface area contributed by atoms with Crippen LogP contribution in [0.3, 0.4) is 0 Å². The fourth-order valence-electron chi connectivity index (χ4n) is 2.79. The van der Waals surface area contributed by atoms with Crippen molar-refractivity contribution in [2.24, 2.45) is 0 Å². The van der Waals surface area contributed by atoms with E-state index in [1.54, 1.807) is 30.3 Å². The number of nitrogens with one attached hydrogen (secondary N) is 1. The number of hydrogen-bond acceptors (Lipinski definition) is 5. The number of rotatable bonds is 5. The van der Waals surface area contributed by atoms with Crippen molar-refractivity contribution in [3.63, 3.8) is 0 Å². The van der Waals surface area contributed by atoms with Crippen molar-refractivity contribution in [2.75, 3.05) is 7.11 Å². The molecule has 0 unspecified atom stereocenters. The second kappa shape index (κ2) is 7.25. The summed E-state index contributed by atoms with van der Waals surface area (Å²) < 4.78 is 6.88. The molecule has 0 saturated heterocycles. The molecule has 4 aromatic rings. The van der Waals surface area contributed by atoms with Crippen LogP contribution in [-0.4, -0.2) is 32.8 Å². The number of hydrogen-bond donors (Lipinski definition) is 1. The predicted molar refractivity (Wildman–Crippen MR) is 101 cm³/mol. The second-order valence-electron chi connectivity index (χ2n) is 5.87. The van der Waals surface area contributed by atoms with Crippen molar-refractivity contribution in [3.8, 4) is 11.6 Å². The Bertz CT molecular complexity index is 1090. The maximum atomic E-state index is 12.5. The molecule has 0 spiro atoms. The number of benzene rings is 1. The molecule has 0 atom stereocenters. The Morgan fingerprint density at radius 3 is 2.89 bits per heavy atom. The minimum Gasteiger partial charge on any atom is -0.497 e. The highest BCUT2D eigenvalue weighted by Gasteiger charge is 2.11. The molecular formula is C20H17N5O2. The van der Waals surface area contributed by atoms with Crippen LogP contribution >= 0.6 is 0 Å². The summed E-state index contributed by atoms with van der Waals surface area (Å²) in [5.41, 5.74) is 1.96. The van der Waals surface area contributed by atoms with Crippen LogP contribution in [0.4, 0.5) is 0 Å². The van der Waals surface area contributed by atoms with Gasteiger partial charge >= 0.3 is 0 Å². The van der Waals surface area contributed by atoms with E-state index in [1.165, 1.54) is 0 Å². The molecule has 0 fully saturated rings. The van der Waals surface area contributed by atoms with Gasteiger partial charge in [0.1, 0.15) is 11.4 Å². The van der Waals surface area contributed by atoms with Crippen LogP contribution in [0.2, 0.25) is 0 Å². The van der Waals surface area contributed by atoms with Gasteiger partial charge in [0.2, 0.25) is 0 Å². The Morgan fingerprint density at radius 1 is 1.15 bits per heavy atom. The minimum atomic E-state index is -0.247. The van der Waals surface area contributed by atoms with Gasteiger partial charge in [-0.3, -0.25) is 4.79 Å². The molecule has 0 aliphatic rings. The van der Waals surface area contributed by atoms with Crippen LogP contribution in [0.25, 0.3) is 16.7 Å². The molecule has 1 amide bonds. The van der Waals surface area contributed by atoms with E-state index < -0.39 is 0 Å². The molecule has 0 aliphatic heterocycles. The van der Waals surface area contributed by atoms with Crippen LogP contribution < -0.4 is 10.1 Å². The highest BCUT2D eigenvalue weighted by atomic mass is 16.5. The quantitative estimate of drug-likeness (QED) is 0.592. The SMILES string of the molecule is COc1ccc2nc(C(=O)NCc3cccnc3-n3cccn3)ccc2c1. The third-order valence-electron chi connectivity index (χ3n) is 4.16. The fourth-order valence-corrected chi connectivity index (χ4v) is 2.79. The molecule has 3 aromatic heterocycles. The van der Waals surface area contributed by atoms with Crippen molar-refractivity contribution in [2.45, 2.75) is 6.54 Å². The number of carbonyl (C=O) groups is 1. The average molecular weight is 359 g/mol. The maximum absolute atomic E-state index is 12.5. The third kappa shape index (κ3) is 3.48. The fraction of sp³-hybridized carbons (Fsp3) is 0.100. The summed E-state index contributed by atoms with van der Waals surface area (Å²) in [6, 6.07) is 14.7. The Kier molecular flexibility index (Phi) is 4.49. The number of methoxy groups -OCH3 is 1. The zero-order valence-corrected chi connectivity index (χ0v) is 14.7. The first-order valence-corrected chi connectivity index (χ1v) is 8.41. The molecule has 7 nitrogen and oxygen atoms in total. The predicted octanol–water partition coefficient (Wildman–Crippen LogP) is 2.75. The van der Waals surface area contributed by atoms with Crippen LogP contribution in [0.1, 0.15) is 16.1 Å². The topological polar surface area (TPSA) is 81.9 Å². The molecule has 0 radical (unpaired) electrons. The molecule has 0 aliphatic carbocycles. The Labute approximate surface area is 155 Å². The summed E-state index contributed by atoms with van der Waals surface area (Å²) in [5, 5.41) is 8.01. The van der Waals surface area contributed by atoms with E-state index in [2.05, 4.69) is 20.4 Å². The standard InChI is InChI=1S/C20H17N5O2/c1-27-16-6-8-17-14(12-16)5-7-18(24-17)20(26)22-13-15-4-2-9-21-19(15)25-11-3-10-23-25/h2-12H,13H2,1H3,(H,22,26). The first-order chi connectivity index (χ1) is 13.2. The molecule has 4 rings (SSSR count). The first kappa shape index (κ1) is 16.7. The monoisotopic (exact) mass is 359 g/mol. The van der Waals surface area contributed by atoms with Crippen LogP contribution in [-0.2, 0) is 6.54 Å². The van der Waals surface area contributed by atoms with Gasteiger partial charge in [0.25, 0.3) is 5.91 Å². The van der Waals surface area contributed by atoms with Gasteiger partial charge in [-0.15, -0.1) is 0 Å². The summed E-state index contributed by atoms with van der Waals surface area (Å²) >= 11 is 0. The van der Waals surface area contributed by atoms with Crippen LogP contribution in [0.15, 0.2) is 67.1 Å². The van der Waals surface area contributed by atoms with Crippen molar-refractivity contribution in [1.82, 2.24) is 25.1 Å². The van der Waals surface area contributed by atoms with Gasteiger partial charge in [-0.05, 0) is 36.4 Å². The molecule has 0 saturated carbocycles. The lowest BCUT2D eigenvalue weighted by atomic mass is 10.2. The number of aromatic nitrogens is 4. The van der Waals surface area contributed by atoms with Gasteiger partial charge in [0.15, 0.2) is 5.82 Å². The summed E-state index contributed by atoms with van der Waals surface area (Å²) in [6.45, 7) is 0.324. The number of nitrogens with zero attached hydrogens (tertiary/aromatic N) is 4. The molecule has 0 bridgehead atoms. The van der Waals surface area contributed by atoms with Crippen molar-refractivity contribution in [3.05, 3.63) is 78.4 Å². The summed E-state index contributed by atoms with van der Waals surface area (Å²) in [6.07, 6.45) is 5.19. The second-order valence-corrected chi connectivity index (χ2v) is 5.87. The van der Waals surface area contributed by atoms with E-state index in [9.17, 15) is 4.79 Å². The third-order valence-corrected chi connectivity index (χ3v) is 4.16. The van der Waals surface area contributed by atoms with E-state index in [4.69, 9.17) is 4.74 Å². The Balaban J connectivity index is 1.53.